The summed E-state index contributed by atoms with van der Waals surface area (Å²) in [6.07, 6.45) is 0. The largest absolute Gasteiger partial charge is 0.482 e. The van der Waals surface area contributed by atoms with Crippen molar-refractivity contribution in [3.05, 3.63) is 74.3 Å². The Labute approximate surface area is 135 Å². The molecule has 9 nitrogen and oxygen atoms in total. The minimum Gasteiger partial charge on any atom is -0.482 e. The Morgan fingerprint density at radius 1 is 0.958 bits per heavy atom. The molecule has 24 heavy (non-hydrogen) atoms. The van der Waals surface area contributed by atoms with Gasteiger partial charge in [-0.2, -0.15) is 0 Å². The van der Waals surface area contributed by atoms with Crippen molar-refractivity contribution in [3.8, 4) is 5.75 Å². The van der Waals surface area contributed by atoms with Crippen molar-refractivity contribution in [1.82, 2.24) is 0 Å². The third-order valence-corrected chi connectivity index (χ3v) is 2.91. The van der Waals surface area contributed by atoms with E-state index in [1.54, 1.807) is 6.07 Å². The molecule has 2 rings (SSSR count). The maximum atomic E-state index is 11.6. The summed E-state index contributed by atoms with van der Waals surface area (Å²) in [6.45, 7) is -0.574. The first-order chi connectivity index (χ1) is 11.5. The molecule has 0 saturated heterocycles. The lowest BCUT2D eigenvalue weighted by molar-refractivity contribution is -0.385. The van der Waals surface area contributed by atoms with Gasteiger partial charge >= 0.3 is 5.97 Å². The van der Waals surface area contributed by atoms with Crippen LogP contribution in [0.25, 0.3) is 0 Å². The van der Waals surface area contributed by atoms with Crippen LogP contribution in [0.5, 0.6) is 5.75 Å². The summed E-state index contributed by atoms with van der Waals surface area (Å²) in [5.74, 6) is -0.537. The van der Waals surface area contributed by atoms with Gasteiger partial charge in [-0.15, -0.1) is 0 Å². The Morgan fingerprint density at radius 3 is 2.25 bits per heavy atom. The number of hydrogen-bond acceptors (Lipinski definition) is 7. The molecule has 0 aliphatic heterocycles. The fourth-order valence-corrected chi connectivity index (χ4v) is 1.79. The summed E-state index contributed by atoms with van der Waals surface area (Å²) >= 11 is 0. The molecule has 124 valence electrons. The second-order valence-corrected chi connectivity index (χ2v) is 4.63. The van der Waals surface area contributed by atoms with E-state index in [9.17, 15) is 25.0 Å². The number of ether oxygens (including phenoxy) is 2. The lowest BCUT2D eigenvalue weighted by atomic mass is 10.2. The standard InChI is InChI=1S/C15H12N2O7/c18-15(10-23-14-6-2-5-13(8-14)17(21)22)24-9-11-3-1-4-12(7-11)16(19)20/h1-8H,9-10H2. The van der Waals surface area contributed by atoms with E-state index in [4.69, 9.17) is 9.47 Å². The van der Waals surface area contributed by atoms with Crippen molar-refractivity contribution in [2.24, 2.45) is 0 Å². The molecule has 0 atom stereocenters. The third kappa shape index (κ3) is 4.77. The fraction of sp³-hybridized carbons (Fsp3) is 0.133. The van der Waals surface area contributed by atoms with Crippen molar-refractivity contribution >= 4 is 17.3 Å². The molecule has 0 unspecified atom stereocenters. The molecule has 0 amide bonds. The van der Waals surface area contributed by atoms with Gasteiger partial charge in [0.2, 0.25) is 0 Å². The van der Waals surface area contributed by atoms with Crippen LogP contribution in [0.4, 0.5) is 11.4 Å². The smallest absolute Gasteiger partial charge is 0.344 e. The third-order valence-electron chi connectivity index (χ3n) is 2.91. The van der Waals surface area contributed by atoms with E-state index in [0.29, 0.717) is 5.56 Å². The number of nitro groups is 2. The molecule has 2 aromatic carbocycles. The quantitative estimate of drug-likeness (QED) is 0.434. The molecule has 0 aliphatic carbocycles. The van der Waals surface area contributed by atoms with Gasteiger partial charge in [-0.25, -0.2) is 4.79 Å². The Kier molecular flexibility index (Phi) is 5.40. The topological polar surface area (TPSA) is 122 Å². The van der Waals surface area contributed by atoms with Gasteiger partial charge in [0.1, 0.15) is 12.4 Å². The summed E-state index contributed by atoms with van der Waals surface area (Å²) in [5, 5.41) is 21.3. The average Bonchev–Trinajstić information content (AvgIpc) is 2.58. The van der Waals surface area contributed by atoms with Crippen molar-refractivity contribution < 1.29 is 24.1 Å². The van der Waals surface area contributed by atoms with Crippen LogP contribution in [0, 0.1) is 20.2 Å². The average molecular weight is 332 g/mol. The number of esters is 1. The van der Waals surface area contributed by atoms with E-state index in [1.165, 1.54) is 42.5 Å². The Bertz CT molecular complexity index is 712. The molecule has 0 aliphatic rings. The highest BCUT2D eigenvalue weighted by Gasteiger charge is 2.10. The van der Waals surface area contributed by atoms with Gasteiger partial charge < -0.3 is 9.47 Å². The fourth-order valence-electron chi connectivity index (χ4n) is 1.79. The molecule has 0 bridgehead atoms. The molecule has 0 heterocycles. The van der Waals surface area contributed by atoms with Gasteiger partial charge in [-0.05, 0) is 11.6 Å². The van der Waals surface area contributed by atoms with Crippen LogP contribution in [0.2, 0.25) is 0 Å². The SMILES string of the molecule is O=C(COc1cccc([N+](=O)[O-])c1)OCc1cccc([N+](=O)[O-])c1. The summed E-state index contributed by atoms with van der Waals surface area (Å²) in [4.78, 5) is 31.8. The first kappa shape index (κ1) is 16.9. The number of rotatable bonds is 7. The molecule has 0 radical (unpaired) electrons. The molecular formula is C15H12N2O7. The van der Waals surface area contributed by atoms with Crippen LogP contribution in [-0.2, 0) is 16.1 Å². The van der Waals surface area contributed by atoms with Crippen LogP contribution in [0.15, 0.2) is 48.5 Å². The Balaban J connectivity index is 1.85. The van der Waals surface area contributed by atoms with Gasteiger partial charge in [0.15, 0.2) is 6.61 Å². The van der Waals surface area contributed by atoms with E-state index < -0.39 is 22.4 Å². The highest BCUT2D eigenvalue weighted by molar-refractivity contribution is 5.71. The molecule has 0 spiro atoms. The zero-order valence-electron chi connectivity index (χ0n) is 12.3. The van der Waals surface area contributed by atoms with Gasteiger partial charge in [-0.3, -0.25) is 20.2 Å². The summed E-state index contributed by atoms with van der Waals surface area (Å²) in [5.41, 5.74) is 0.210. The van der Waals surface area contributed by atoms with Crippen molar-refractivity contribution in [3.63, 3.8) is 0 Å². The van der Waals surface area contributed by atoms with Crippen LogP contribution in [0.3, 0.4) is 0 Å². The molecule has 0 fully saturated rings. The predicted octanol–water partition coefficient (Wildman–Crippen LogP) is 2.63. The molecule has 9 heteroatoms. The lowest BCUT2D eigenvalue weighted by Crippen LogP contribution is -2.14. The monoisotopic (exact) mass is 332 g/mol. The van der Waals surface area contributed by atoms with Crippen molar-refractivity contribution in [2.45, 2.75) is 6.61 Å². The first-order valence-corrected chi connectivity index (χ1v) is 6.72. The normalized spacial score (nSPS) is 10.0. The van der Waals surface area contributed by atoms with Crippen molar-refractivity contribution in [2.75, 3.05) is 6.61 Å². The number of nitro benzene ring substituents is 2. The number of carbonyl (C=O) groups excluding carboxylic acids is 1. The minimum absolute atomic E-state index is 0.101. The summed E-state index contributed by atoms with van der Waals surface area (Å²) in [7, 11) is 0. The number of benzene rings is 2. The first-order valence-electron chi connectivity index (χ1n) is 6.72. The summed E-state index contributed by atoms with van der Waals surface area (Å²) < 4.78 is 10.1. The molecule has 2 aromatic rings. The Morgan fingerprint density at radius 2 is 1.58 bits per heavy atom. The minimum atomic E-state index is -0.701. The number of non-ortho nitro benzene ring substituents is 2. The molecular weight excluding hydrogens is 320 g/mol. The predicted molar refractivity (Wildman–Crippen MR) is 81.5 cm³/mol. The van der Waals surface area contributed by atoms with E-state index in [2.05, 4.69) is 0 Å². The zero-order valence-corrected chi connectivity index (χ0v) is 12.3. The number of nitrogens with zero attached hydrogens (tertiary/aromatic N) is 2. The summed E-state index contributed by atoms with van der Waals surface area (Å²) in [6, 6.07) is 11.1. The Hall–Kier alpha value is -3.49. The van der Waals surface area contributed by atoms with E-state index in [0.717, 1.165) is 0 Å². The maximum absolute atomic E-state index is 11.6. The van der Waals surface area contributed by atoms with Gasteiger partial charge in [0, 0.05) is 18.2 Å². The highest BCUT2D eigenvalue weighted by Crippen LogP contribution is 2.19. The lowest BCUT2D eigenvalue weighted by Gasteiger charge is -2.07. The maximum Gasteiger partial charge on any atom is 0.344 e. The number of hydrogen-bond donors (Lipinski definition) is 0. The molecule has 0 saturated carbocycles. The highest BCUT2D eigenvalue weighted by atomic mass is 16.6. The van der Waals surface area contributed by atoms with Crippen LogP contribution >= 0.6 is 0 Å². The molecule has 0 aromatic heterocycles. The van der Waals surface area contributed by atoms with Crippen LogP contribution in [0.1, 0.15) is 5.56 Å². The second-order valence-electron chi connectivity index (χ2n) is 4.63. The van der Waals surface area contributed by atoms with E-state index >= 15 is 0 Å². The van der Waals surface area contributed by atoms with E-state index in [-0.39, 0.29) is 23.7 Å². The number of carbonyl (C=O) groups is 1. The van der Waals surface area contributed by atoms with E-state index in [1.807, 2.05) is 0 Å². The van der Waals surface area contributed by atoms with Gasteiger partial charge in [0.05, 0.1) is 15.9 Å². The van der Waals surface area contributed by atoms with Crippen LogP contribution in [-0.4, -0.2) is 22.4 Å². The second kappa shape index (κ2) is 7.68. The van der Waals surface area contributed by atoms with Gasteiger partial charge in [0.25, 0.3) is 11.4 Å². The zero-order chi connectivity index (χ0) is 17.5. The van der Waals surface area contributed by atoms with Gasteiger partial charge in [-0.1, -0.05) is 18.2 Å². The van der Waals surface area contributed by atoms with Crippen molar-refractivity contribution in [1.29, 1.82) is 0 Å². The van der Waals surface area contributed by atoms with Crippen LogP contribution < -0.4 is 4.74 Å². The molecule has 0 N–H and O–H groups in total.